The summed E-state index contributed by atoms with van der Waals surface area (Å²) in [4.78, 5) is -0.0122. The molecule has 19 heavy (non-hydrogen) atoms. The van der Waals surface area contributed by atoms with E-state index in [-0.39, 0.29) is 21.2 Å². The zero-order chi connectivity index (χ0) is 14.8. The zero-order valence-electron chi connectivity index (χ0n) is 11.0. The van der Waals surface area contributed by atoms with Crippen molar-refractivity contribution in [2.75, 3.05) is 5.75 Å². The molecule has 0 fully saturated rings. The molecule has 3 nitrogen and oxygen atoms in total. The maximum atomic E-state index is 12.4. The normalized spacial score (nSPS) is 12.2. The van der Waals surface area contributed by atoms with Gasteiger partial charge in [-0.25, -0.2) is 8.42 Å². The van der Waals surface area contributed by atoms with E-state index in [4.69, 9.17) is 16.9 Å². The van der Waals surface area contributed by atoms with Gasteiger partial charge >= 0.3 is 0 Å². The molecule has 0 bridgehead atoms. The lowest BCUT2D eigenvalue weighted by atomic mass is 10.2. The third kappa shape index (κ3) is 4.45. The number of hydrogen-bond donors (Lipinski definition) is 0. The first-order valence-electron chi connectivity index (χ1n) is 5.69. The monoisotopic (exact) mass is 427 g/mol. The molecule has 0 spiro atoms. The number of halogens is 2. The molecule has 1 rings (SSSR count). The van der Waals surface area contributed by atoms with Crippen molar-refractivity contribution in [3.05, 3.63) is 26.3 Å². The van der Waals surface area contributed by atoms with Crippen molar-refractivity contribution in [3.63, 3.8) is 0 Å². The Labute approximate surface area is 134 Å². The van der Waals surface area contributed by atoms with Crippen LogP contribution in [0.1, 0.15) is 5.56 Å². The van der Waals surface area contributed by atoms with Crippen molar-refractivity contribution >= 4 is 52.1 Å². The van der Waals surface area contributed by atoms with Crippen molar-refractivity contribution in [3.8, 4) is 6.07 Å². The van der Waals surface area contributed by atoms with Crippen LogP contribution in [0.5, 0.6) is 0 Å². The van der Waals surface area contributed by atoms with Crippen molar-refractivity contribution in [2.24, 2.45) is 0 Å². The highest BCUT2D eigenvalue weighted by Crippen LogP contribution is 2.30. The lowest BCUT2D eigenvalue weighted by Crippen LogP contribution is -2.24. The Morgan fingerprint density at radius 3 is 2.42 bits per heavy atom. The molecule has 0 atom stereocenters. The minimum absolute atomic E-state index is 0.0122. The van der Waals surface area contributed by atoms with Crippen LogP contribution in [0, 0.1) is 14.9 Å². The minimum atomic E-state index is -3.51. The Morgan fingerprint density at radius 2 is 1.95 bits per heavy atom. The van der Waals surface area contributed by atoms with Gasteiger partial charge in [0.05, 0.1) is 16.3 Å². The zero-order valence-corrected chi connectivity index (χ0v) is 15.7. The molecule has 1 aromatic carbocycles. The Kier molecular flexibility index (Phi) is 5.46. The number of hydrogen-bond acceptors (Lipinski definition) is 3. The summed E-state index contributed by atoms with van der Waals surface area (Å²) in [7, 11) is -4.98. The van der Waals surface area contributed by atoms with Gasteiger partial charge in [0.25, 0.3) is 0 Å². The van der Waals surface area contributed by atoms with Crippen molar-refractivity contribution in [1.82, 2.24) is 0 Å². The van der Waals surface area contributed by atoms with E-state index in [1.165, 1.54) is 6.07 Å². The molecule has 0 aromatic heterocycles. The molecule has 0 N–H and O–H groups in total. The van der Waals surface area contributed by atoms with Crippen LogP contribution in [0.25, 0.3) is 0 Å². The van der Waals surface area contributed by atoms with Crippen molar-refractivity contribution < 1.29 is 8.42 Å². The van der Waals surface area contributed by atoms with Gasteiger partial charge in [-0.15, -0.1) is 0 Å². The van der Waals surface area contributed by atoms with Gasteiger partial charge in [-0.05, 0) is 40.8 Å². The Bertz CT molecular complexity index is 632. The number of nitriles is 1. The number of rotatable bonds is 4. The van der Waals surface area contributed by atoms with E-state index < -0.39 is 17.9 Å². The number of sulfone groups is 1. The van der Waals surface area contributed by atoms with Crippen LogP contribution in [-0.2, 0) is 9.84 Å². The molecule has 0 saturated carbocycles. The molecule has 1 aromatic rings. The maximum absolute atomic E-state index is 12.4. The molecule has 0 amide bonds. The molecule has 0 saturated heterocycles. The lowest BCUT2D eigenvalue weighted by molar-refractivity contribution is 0.596. The van der Waals surface area contributed by atoms with E-state index >= 15 is 0 Å². The van der Waals surface area contributed by atoms with Gasteiger partial charge in [0.1, 0.15) is 11.0 Å². The van der Waals surface area contributed by atoms with Crippen LogP contribution >= 0.6 is 34.2 Å². The predicted octanol–water partition coefficient (Wildman–Crippen LogP) is 3.93. The van der Waals surface area contributed by atoms with Crippen LogP contribution in [0.15, 0.2) is 17.0 Å². The van der Waals surface area contributed by atoms with Gasteiger partial charge < -0.3 is 0 Å². The van der Waals surface area contributed by atoms with Crippen LogP contribution < -0.4 is 0 Å². The van der Waals surface area contributed by atoms with Crippen molar-refractivity contribution in [2.45, 2.75) is 30.6 Å². The third-order valence-corrected chi connectivity index (χ3v) is 7.83. The Hall–Kier alpha value is -0.103. The minimum Gasteiger partial charge on any atom is -0.224 e. The van der Waals surface area contributed by atoms with E-state index in [9.17, 15) is 8.42 Å². The molecule has 0 heterocycles. The largest absolute Gasteiger partial charge is 0.224 e. The topological polar surface area (TPSA) is 57.9 Å². The lowest BCUT2D eigenvalue weighted by Gasteiger charge is -2.16. The second-order valence-electron chi connectivity index (χ2n) is 5.47. The summed E-state index contributed by atoms with van der Waals surface area (Å²) in [6, 6.07) is 5.79. The third-order valence-electron chi connectivity index (χ3n) is 2.60. The Morgan fingerprint density at radius 1 is 1.37 bits per heavy atom. The van der Waals surface area contributed by atoms with Crippen LogP contribution in [0.4, 0.5) is 0 Å². The summed E-state index contributed by atoms with van der Waals surface area (Å²) in [5.74, 6) is 0.0528. The SMILES string of the molecule is C[Si](C)(C)CCS(=O)(=O)c1c(Cl)ccc(I)c1C#N. The van der Waals surface area contributed by atoms with Gasteiger partial charge in [0, 0.05) is 11.6 Å². The summed E-state index contributed by atoms with van der Waals surface area (Å²) in [5, 5.41) is 9.28. The summed E-state index contributed by atoms with van der Waals surface area (Å²) in [6.07, 6.45) is 0. The number of nitrogens with zero attached hydrogens (tertiary/aromatic N) is 1. The molecule has 104 valence electrons. The van der Waals surface area contributed by atoms with Gasteiger partial charge in [-0.1, -0.05) is 31.2 Å². The van der Waals surface area contributed by atoms with Crippen LogP contribution in [0.3, 0.4) is 0 Å². The molecular formula is C12H15ClINO2SSi. The molecule has 0 aliphatic carbocycles. The van der Waals surface area contributed by atoms with E-state index in [1.54, 1.807) is 6.07 Å². The summed E-state index contributed by atoms with van der Waals surface area (Å²) in [6.45, 7) is 6.35. The highest BCUT2D eigenvalue weighted by Gasteiger charge is 2.26. The fourth-order valence-corrected chi connectivity index (χ4v) is 7.31. The fourth-order valence-electron chi connectivity index (χ4n) is 1.48. The first-order chi connectivity index (χ1) is 8.58. The fraction of sp³-hybridized carbons (Fsp3) is 0.417. The first kappa shape index (κ1) is 16.9. The van der Waals surface area contributed by atoms with Crippen molar-refractivity contribution in [1.29, 1.82) is 5.26 Å². The molecule has 7 heteroatoms. The van der Waals surface area contributed by atoms with Crippen LogP contribution in [0.2, 0.25) is 30.7 Å². The molecule has 0 unspecified atom stereocenters. The second kappa shape index (κ2) is 6.12. The van der Waals surface area contributed by atoms with E-state index in [0.717, 1.165) is 0 Å². The summed E-state index contributed by atoms with van der Waals surface area (Å²) >= 11 is 7.94. The van der Waals surface area contributed by atoms with E-state index in [2.05, 4.69) is 19.6 Å². The quantitative estimate of drug-likeness (QED) is 0.540. The van der Waals surface area contributed by atoms with E-state index in [0.29, 0.717) is 9.61 Å². The van der Waals surface area contributed by atoms with E-state index in [1.807, 2.05) is 28.7 Å². The summed E-state index contributed by atoms with van der Waals surface area (Å²) in [5.41, 5.74) is 0.156. The van der Waals surface area contributed by atoms with Gasteiger partial charge in [0.2, 0.25) is 0 Å². The highest BCUT2D eigenvalue weighted by molar-refractivity contribution is 14.1. The second-order valence-corrected chi connectivity index (χ2v) is 14.7. The molecule has 0 aliphatic rings. The first-order valence-corrected chi connectivity index (χ1v) is 12.5. The van der Waals surface area contributed by atoms with Gasteiger partial charge in [-0.3, -0.25) is 0 Å². The Balaban J connectivity index is 3.30. The summed E-state index contributed by atoms with van der Waals surface area (Å²) < 4.78 is 25.4. The average molecular weight is 428 g/mol. The van der Waals surface area contributed by atoms with Gasteiger partial charge in [-0.2, -0.15) is 5.26 Å². The number of benzene rings is 1. The predicted molar refractivity (Wildman–Crippen MR) is 89.1 cm³/mol. The van der Waals surface area contributed by atoms with Gasteiger partial charge in [0.15, 0.2) is 9.84 Å². The molecule has 0 aliphatic heterocycles. The standard InChI is InChI=1S/C12H15ClINO2SSi/c1-19(2,3)7-6-18(16,17)12-9(8-15)11(14)5-4-10(12)13/h4-5H,6-7H2,1-3H3. The molecule has 0 radical (unpaired) electrons. The smallest absolute Gasteiger partial charge is 0.180 e. The van der Waals surface area contributed by atoms with Crippen LogP contribution in [-0.4, -0.2) is 22.2 Å². The maximum Gasteiger partial charge on any atom is 0.180 e. The average Bonchev–Trinajstić information content (AvgIpc) is 2.28. The molecular weight excluding hydrogens is 413 g/mol. The highest BCUT2D eigenvalue weighted by atomic mass is 127.